The van der Waals surface area contributed by atoms with E-state index in [-0.39, 0.29) is 24.9 Å². The van der Waals surface area contributed by atoms with Gasteiger partial charge in [0.15, 0.2) is 11.5 Å². The zero-order valence-electron chi connectivity index (χ0n) is 19.3. The minimum atomic E-state index is -3.51. The predicted octanol–water partition coefficient (Wildman–Crippen LogP) is 3.76. The summed E-state index contributed by atoms with van der Waals surface area (Å²) >= 11 is 0. The summed E-state index contributed by atoms with van der Waals surface area (Å²) < 4.78 is 37.2. The molecule has 2 aromatic carbocycles. The number of hydrogen-bond acceptors (Lipinski definition) is 5. The maximum absolute atomic E-state index is 12.6. The topological polar surface area (TPSA) is 84.9 Å². The first-order valence-corrected chi connectivity index (χ1v) is 13.4. The molecule has 2 aliphatic rings. The molecule has 1 heterocycles. The van der Waals surface area contributed by atoms with Crippen molar-refractivity contribution in [2.75, 3.05) is 30.3 Å². The Hall–Kier alpha value is -2.74. The fourth-order valence-corrected chi connectivity index (χ4v) is 5.43. The predicted molar refractivity (Wildman–Crippen MR) is 128 cm³/mol. The van der Waals surface area contributed by atoms with E-state index >= 15 is 0 Å². The third kappa shape index (κ3) is 5.79. The quantitative estimate of drug-likeness (QED) is 0.632. The lowest BCUT2D eigenvalue weighted by Crippen LogP contribution is -2.32. The Morgan fingerprint density at radius 1 is 1.03 bits per heavy atom. The van der Waals surface area contributed by atoms with Gasteiger partial charge in [0, 0.05) is 19.0 Å². The molecule has 1 amide bonds. The summed E-state index contributed by atoms with van der Waals surface area (Å²) in [4.78, 5) is 12.6. The molecule has 1 aliphatic heterocycles. The second-order valence-electron chi connectivity index (χ2n) is 8.79. The molecule has 0 unspecified atom stereocenters. The van der Waals surface area contributed by atoms with Crippen molar-refractivity contribution in [1.29, 1.82) is 0 Å². The maximum Gasteiger partial charge on any atom is 0.232 e. The number of anilines is 1. The average molecular weight is 473 g/mol. The number of fused-ring (bicyclic) bond motifs is 2. The first-order valence-electron chi connectivity index (χ1n) is 11.6. The number of amides is 1. The van der Waals surface area contributed by atoms with Gasteiger partial charge in [-0.25, -0.2) is 8.42 Å². The molecular formula is C25H32N2O5S. The highest BCUT2D eigenvalue weighted by Gasteiger charge is 2.21. The molecule has 1 N–H and O–H groups in total. The molecule has 2 aromatic rings. The minimum Gasteiger partial charge on any atom is -0.486 e. The van der Waals surface area contributed by atoms with Crippen LogP contribution < -0.4 is 19.1 Å². The molecule has 8 heteroatoms. The number of carbonyl (C=O) groups excluding carboxylic acids is 1. The van der Waals surface area contributed by atoms with Crippen LogP contribution in [0, 0.1) is 0 Å². The number of sulfonamides is 1. The number of carbonyl (C=O) groups is 1. The normalized spacial score (nSPS) is 15.9. The maximum atomic E-state index is 12.6. The number of nitrogens with zero attached hydrogens (tertiary/aromatic N) is 1. The number of rotatable bonds is 8. The van der Waals surface area contributed by atoms with Gasteiger partial charge in [0.2, 0.25) is 15.9 Å². The van der Waals surface area contributed by atoms with Crippen molar-refractivity contribution < 1.29 is 22.7 Å². The Bertz CT molecular complexity index is 1120. The number of nitrogens with one attached hydrogen (secondary N) is 1. The van der Waals surface area contributed by atoms with Gasteiger partial charge < -0.3 is 14.8 Å². The van der Waals surface area contributed by atoms with Gasteiger partial charge in [0.05, 0.1) is 18.0 Å². The lowest BCUT2D eigenvalue weighted by atomic mass is 9.89. The van der Waals surface area contributed by atoms with Crippen LogP contribution in [0.4, 0.5) is 5.69 Å². The summed E-state index contributed by atoms with van der Waals surface area (Å²) in [5.41, 5.74) is 4.43. The molecule has 1 aliphatic carbocycles. The van der Waals surface area contributed by atoms with E-state index in [2.05, 4.69) is 23.5 Å². The fraction of sp³-hybridized carbons (Fsp3) is 0.480. The van der Waals surface area contributed by atoms with Crippen LogP contribution in [0.25, 0.3) is 0 Å². The second-order valence-corrected chi connectivity index (χ2v) is 10.7. The highest BCUT2D eigenvalue weighted by atomic mass is 32.2. The summed E-state index contributed by atoms with van der Waals surface area (Å²) in [6, 6.07) is 11.5. The first kappa shape index (κ1) is 23.4. The Morgan fingerprint density at radius 2 is 1.76 bits per heavy atom. The van der Waals surface area contributed by atoms with Gasteiger partial charge in [-0.2, -0.15) is 0 Å². The number of hydrogen-bond donors (Lipinski definition) is 1. The van der Waals surface area contributed by atoms with Gasteiger partial charge in [-0.1, -0.05) is 18.2 Å². The van der Waals surface area contributed by atoms with Crippen LogP contribution >= 0.6 is 0 Å². The first-order chi connectivity index (χ1) is 15.8. The van der Waals surface area contributed by atoms with E-state index in [1.807, 2.05) is 6.92 Å². The summed E-state index contributed by atoms with van der Waals surface area (Å²) in [5.74, 6) is 1.05. The van der Waals surface area contributed by atoms with Gasteiger partial charge in [-0.15, -0.1) is 0 Å². The Kier molecular flexibility index (Phi) is 7.12. The van der Waals surface area contributed by atoms with Crippen molar-refractivity contribution in [3.8, 4) is 11.5 Å². The van der Waals surface area contributed by atoms with E-state index in [4.69, 9.17) is 9.47 Å². The van der Waals surface area contributed by atoms with Gasteiger partial charge in [0.1, 0.15) is 13.2 Å². The summed E-state index contributed by atoms with van der Waals surface area (Å²) in [6.45, 7) is 3.10. The van der Waals surface area contributed by atoms with Crippen molar-refractivity contribution in [3.05, 3.63) is 53.1 Å². The van der Waals surface area contributed by atoms with Crippen LogP contribution in [0.1, 0.15) is 55.3 Å². The highest BCUT2D eigenvalue weighted by Crippen LogP contribution is 2.34. The number of benzene rings is 2. The minimum absolute atomic E-state index is 0.0872. The lowest BCUT2D eigenvalue weighted by molar-refractivity contribution is -0.121. The lowest BCUT2D eigenvalue weighted by Gasteiger charge is -2.25. The van der Waals surface area contributed by atoms with Crippen LogP contribution in [0.15, 0.2) is 36.4 Å². The largest absolute Gasteiger partial charge is 0.486 e. The van der Waals surface area contributed by atoms with Gasteiger partial charge >= 0.3 is 0 Å². The molecule has 33 heavy (non-hydrogen) atoms. The standard InChI is InChI=1S/C25H32N2O5S/c1-18(20-10-9-19-6-3-4-7-21(19)16-20)26-25(28)8-5-13-27(33(2,29)30)22-11-12-23-24(17-22)32-15-14-31-23/h9-12,16-18H,3-8,13-15H2,1-2H3,(H,26,28)/t18-/m0/s1. The van der Waals surface area contributed by atoms with Gasteiger partial charge in [-0.3, -0.25) is 9.10 Å². The second kappa shape index (κ2) is 10.0. The zero-order chi connectivity index (χ0) is 23.4. The van der Waals surface area contributed by atoms with E-state index in [1.54, 1.807) is 18.2 Å². The third-order valence-electron chi connectivity index (χ3n) is 6.23. The number of aryl methyl sites for hydroxylation is 2. The molecule has 0 bridgehead atoms. The summed E-state index contributed by atoms with van der Waals surface area (Å²) in [7, 11) is -3.51. The van der Waals surface area contributed by atoms with Crippen LogP contribution in [0.5, 0.6) is 11.5 Å². The van der Waals surface area contributed by atoms with E-state index < -0.39 is 10.0 Å². The van der Waals surface area contributed by atoms with Crippen molar-refractivity contribution in [3.63, 3.8) is 0 Å². The van der Waals surface area contributed by atoms with Crippen molar-refractivity contribution in [1.82, 2.24) is 5.32 Å². The Balaban J connectivity index is 1.34. The van der Waals surface area contributed by atoms with Crippen LogP contribution in [-0.4, -0.2) is 40.3 Å². The molecular weight excluding hydrogens is 440 g/mol. The van der Waals surface area contributed by atoms with E-state index in [0.29, 0.717) is 36.8 Å². The van der Waals surface area contributed by atoms with E-state index in [1.165, 1.54) is 34.5 Å². The fourth-order valence-electron chi connectivity index (χ4n) is 4.48. The summed E-state index contributed by atoms with van der Waals surface area (Å²) in [6.07, 6.45) is 6.52. The van der Waals surface area contributed by atoms with Gasteiger partial charge in [-0.05, 0) is 67.9 Å². The van der Waals surface area contributed by atoms with Crippen molar-refractivity contribution in [2.45, 2.75) is 51.5 Å². The summed E-state index contributed by atoms with van der Waals surface area (Å²) in [5, 5.41) is 3.05. The van der Waals surface area contributed by atoms with Crippen molar-refractivity contribution in [2.24, 2.45) is 0 Å². The van der Waals surface area contributed by atoms with Crippen LogP contribution in [0.2, 0.25) is 0 Å². The van der Waals surface area contributed by atoms with Crippen LogP contribution in [-0.2, 0) is 27.7 Å². The van der Waals surface area contributed by atoms with E-state index in [9.17, 15) is 13.2 Å². The molecule has 0 saturated heterocycles. The SMILES string of the molecule is C[C@H](NC(=O)CCCN(c1ccc2c(c1)OCCO2)S(C)(=O)=O)c1ccc2c(c1)CCCC2. The Morgan fingerprint density at radius 3 is 2.52 bits per heavy atom. The number of ether oxygens (including phenoxy) is 2. The van der Waals surface area contributed by atoms with Crippen molar-refractivity contribution >= 4 is 21.6 Å². The average Bonchev–Trinajstić information content (AvgIpc) is 2.80. The highest BCUT2D eigenvalue weighted by molar-refractivity contribution is 7.92. The molecule has 0 fully saturated rings. The van der Waals surface area contributed by atoms with E-state index in [0.717, 1.165) is 18.4 Å². The molecule has 7 nitrogen and oxygen atoms in total. The molecule has 0 radical (unpaired) electrons. The molecule has 178 valence electrons. The molecule has 1 atom stereocenters. The molecule has 0 spiro atoms. The molecule has 0 aromatic heterocycles. The monoisotopic (exact) mass is 472 g/mol. The zero-order valence-corrected chi connectivity index (χ0v) is 20.1. The van der Waals surface area contributed by atoms with Crippen LogP contribution in [0.3, 0.4) is 0 Å². The van der Waals surface area contributed by atoms with Gasteiger partial charge in [0.25, 0.3) is 0 Å². The smallest absolute Gasteiger partial charge is 0.232 e. The molecule has 4 rings (SSSR count). The Labute approximate surface area is 196 Å². The molecule has 0 saturated carbocycles. The third-order valence-corrected chi connectivity index (χ3v) is 7.42.